The van der Waals surface area contributed by atoms with Gasteiger partial charge in [-0.05, 0) is 71.8 Å². The van der Waals surface area contributed by atoms with E-state index in [2.05, 4.69) is 128 Å². The number of fused-ring (bicyclic) bond motifs is 9. The van der Waals surface area contributed by atoms with Gasteiger partial charge in [-0.15, -0.1) is 11.3 Å². The first-order chi connectivity index (χ1) is 31.2. The van der Waals surface area contributed by atoms with Crippen molar-refractivity contribution in [2.24, 2.45) is 0 Å². The number of pyridine rings is 1. The zero-order chi connectivity index (χ0) is 41.4. The molecule has 0 radical (unpaired) electrons. The van der Waals surface area contributed by atoms with Crippen LogP contribution in [0.3, 0.4) is 0 Å². The van der Waals surface area contributed by atoms with Gasteiger partial charge in [0, 0.05) is 54.5 Å². The summed E-state index contributed by atoms with van der Waals surface area (Å²) in [4.78, 5) is 34.4. The van der Waals surface area contributed by atoms with Gasteiger partial charge in [0.1, 0.15) is 6.33 Å². The van der Waals surface area contributed by atoms with Gasteiger partial charge < -0.3 is 0 Å². The zero-order valence-corrected chi connectivity index (χ0v) is 34.1. The summed E-state index contributed by atoms with van der Waals surface area (Å²) in [5.74, 6) is 2.95. The Hall–Kier alpha value is -8.47. The highest BCUT2D eigenvalue weighted by atomic mass is 32.1. The molecule has 0 saturated heterocycles. The summed E-state index contributed by atoms with van der Waals surface area (Å²) in [6, 6.07) is 60.8. The fourth-order valence-electron chi connectivity index (χ4n) is 8.90. The molecule has 9 nitrogen and oxygen atoms in total. The number of nitrogens with zero attached hydrogens (tertiary/aromatic N) is 9. The van der Waals surface area contributed by atoms with Crippen LogP contribution in [0.5, 0.6) is 0 Å². The van der Waals surface area contributed by atoms with E-state index in [1.54, 1.807) is 17.7 Å². The second-order valence-corrected chi connectivity index (χ2v) is 16.5. The largest absolute Gasteiger partial charge is 0.278 e. The third-order valence-electron chi connectivity index (χ3n) is 11.8. The van der Waals surface area contributed by atoms with Gasteiger partial charge in [0.2, 0.25) is 11.9 Å². The van der Waals surface area contributed by atoms with Crippen LogP contribution in [0.15, 0.2) is 188 Å². The maximum atomic E-state index is 5.15. The molecule has 0 N–H and O–H groups in total. The predicted octanol–water partition coefficient (Wildman–Crippen LogP) is 12.7. The molecule has 294 valence electrons. The van der Waals surface area contributed by atoms with Crippen molar-refractivity contribution in [3.63, 3.8) is 0 Å². The standard InChI is InChI=1S/C53H31N9S/c1-3-12-32(13-4-1)50-57-51(33-14-5-2-6-15-33)60-53(59-50)62-42-18-9-7-16-37(42)39-24-21-35(30-45(39)62)34-22-25-44-40(28-34)38-17-8-10-19-43(38)61(44)52-56-31-55-49(58-52)36-23-26-46-41(29-36)48-47(63-46)20-11-27-54-48/h1-31H. The number of rotatable bonds is 6. The molecule has 10 heteroatoms. The molecule has 7 aromatic carbocycles. The van der Waals surface area contributed by atoms with Crippen LogP contribution < -0.4 is 0 Å². The first-order valence-corrected chi connectivity index (χ1v) is 21.4. The van der Waals surface area contributed by atoms with Crippen molar-refractivity contribution < 1.29 is 0 Å². The summed E-state index contributed by atoms with van der Waals surface area (Å²) >= 11 is 1.74. The first kappa shape index (κ1) is 35.3. The van der Waals surface area contributed by atoms with E-state index in [0.29, 0.717) is 29.4 Å². The monoisotopic (exact) mass is 825 g/mol. The van der Waals surface area contributed by atoms with E-state index >= 15 is 0 Å². The predicted molar refractivity (Wildman–Crippen MR) is 254 cm³/mol. The van der Waals surface area contributed by atoms with Gasteiger partial charge in [-0.25, -0.2) is 15.0 Å². The molecule has 13 aromatic rings. The van der Waals surface area contributed by atoms with Crippen molar-refractivity contribution in [3.8, 4) is 57.2 Å². The summed E-state index contributed by atoms with van der Waals surface area (Å²) in [7, 11) is 0. The Morgan fingerprint density at radius 2 is 0.921 bits per heavy atom. The number of aromatic nitrogens is 9. The van der Waals surface area contributed by atoms with Gasteiger partial charge in [-0.1, -0.05) is 115 Å². The average molecular weight is 826 g/mol. The van der Waals surface area contributed by atoms with Gasteiger partial charge in [0.05, 0.1) is 32.3 Å². The minimum Gasteiger partial charge on any atom is -0.278 e. The molecule has 0 bridgehead atoms. The molecule has 0 aliphatic rings. The normalized spacial score (nSPS) is 11.8. The van der Waals surface area contributed by atoms with E-state index in [1.165, 1.54) is 4.70 Å². The van der Waals surface area contributed by atoms with Crippen LogP contribution in [0.2, 0.25) is 0 Å². The minimum absolute atomic E-state index is 0.556. The zero-order valence-electron chi connectivity index (χ0n) is 33.3. The van der Waals surface area contributed by atoms with Crippen LogP contribution in [-0.2, 0) is 0 Å². The highest BCUT2D eigenvalue weighted by Crippen LogP contribution is 2.39. The Morgan fingerprint density at radius 3 is 1.68 bits per heavy atom. The van der Waals surface area contributed by atoms with Crippen LogP contribution in [-0.4, -0.2) is 44.0 Å². The van der Waals surface area contributed by atoms with Crippen molar-refractivity contribution in [3.05, 3.63) is 188 Å². The maximum absolute atomic E-state index is 5.15. The Bertz CT molecular complexity index is 3870. The van der Waals surface area contributed by atoms with Gasteiger partial charge in [-0.3, -0.25) is 14.1 Å². The van der Waals surface area contributed by atoms with Crippen molar-refractivity contribution in [2.75, 3.05) is 0 Å². The fourth-order valence-corrected chi connectivity index (χ4v) is 9.95. The molecule has 0 aliphatic carbocycles. The van der Waals surface area contributed by atoms with Crippen LogP contribution in [0, 0.1) is 0 Å². The molecule has 6 heterocycles. The maximum Gasteiger partial charge on any atom is 0.238 e. The summed E-state index contributed by atoms with van der Waals surface area (Å²) in [5.41, 5.74) is 9.94. The quantitative estimate of drug-likeness (QED) is 0.165. The van der Waals surface area contributed by atoms with Crippen molar-refractivity contribution >= 4 is 75.3 Å². The second kappa shape index (κ2) is 14.1. The molecule has 0 atom stereocenters. The van der Waals surface area contributed by atoms with Crippen LogP contribution in [0.1, 0.15) is 0 Å². The molecule has 0 saturated carbocycles. The third-order valence-corrected chi connectivity index (χ3v) is 12.9. The highest BCUT2D eigenvalue weighted by molar-refractivity contribution is 7.25. The van der Waals surface area contributed by atoms with Crippen molar-refractivity contribution in [1.29, 1.82) is 0 Å². The summed E-state index contributed by atoms with van der Waals surface area (Å²) in [6.07, 6.45) is 3.45. The molecule has 13 rings (SSSR count). The molecule has 0 unspecified atom stereocenters. The lowest BCUT2D eigenvalue weighted by Crippen LogP contribution is -2.06. The van der Waals surface area contributed by atoms with E-state index in [0.717, 1.165) is 87.0 Å². The fraction of sp³-hybridized carbons (Fsp3) is 0. The smallest absolute Gasteiger partial charge is 0.238 e. The average Bonchev–Trinajstić information content (AvgIpc) is 4.01. The van der Waals surface area contributed by atoms with Gasteiger partial charge in [-0.2, -0.15) is 15.0 Å². The number of para-hydroxylation sites is 2. The van der Waals surface area contributed by atoms with Gasteiger partial charge >= 0.3 is 0 Å². The second-order valence-electron chi connectivity index (χ2n) is 15.5. The van der Waals surface area contributed by atoms with Gasteiger partial charge in [0.15, 0.2) is 17.5 Å². The van der Waals surface area contributed by atoms with Crippen LogP contribution >= 0.6 is 11.3 Å². The Labute approximate surface area is 363 Å². The summed E-state index contributed by atoms with van der Waals surface area (Å²) < 4.78 is 6.65. The SMILES string of the molecule is c1ccc(-c2nc(-c3ccccc3)nc(-n3c4ccccc4c4ccc(-c5ccc6c(c5)c5ccccc5n6-c5ncnc(-c6ccc7sc8cccnc8c7c6)n5)cc43)n2)cc1. The van der Waals surface area contributed by atoms with E-state index in [9.17, 15) is 0 Å². The lowest BCUT2D eigenvalue weighted by atomic mass is 10.0. The van der Waals surface area contributed by atoms with E-state index in [-0.39, 0.29) is 0 Å². The number of thiophene rings is 1. The molecule has 0 amide bonds. The Kier molecular flexibility index (Phi) is 7.87. The number of benzene rings is 7. The number of hydrogen-bond acceptors (Lipinski definition) is 8. The topological polar surface area (TPSA) is 100 Å². The van der Waals surface area contributed by atoms with Crippen molar-refractivity contribution in [2.45, 2.75) is 0 Å². The molecular weight excluding hydrogens is 795 g/mol. The molecule has 0 fully saturated rings. The highest BCUT2D eigenvalue weighted by Gasteiger charge is 2.20. The Morgan fingerprint density at radius 1 is 0.333 bits per heavy atom. The molecule has 6 aromatic heterocycles. The third kappa shape index (κ3) is 5.73. The van der Waals surface area contributed by atoms with Gasteiger partial charge in [0.25, 0.3) is 0 Å². The molecular formula is C53H31N9S. The molecule has 63 heavy (non-hydrogen) atoms. The van der Waals surface area contributed by atoms with E-state index in [1.807, 2.05) is 72.9 Å². The Balaban J connectivity index is 0.961. The van der Waals surface area contributed by atoms with Crippen molar-refractivity contribution in [1.82, 2.24) is 44.0 Å². The van der Waals surface area contributed by atoms with E-state index < -0.39 is 0 Å². The summed E-state index contributed by atoms with van der Waals surface area (Å²) in [6.45, 7) is 0. The number of hydrogen-bond donors (Lipinski definition) is 0. The lowest BCUT2D eigenvalue weighted by molar-refractivity contribution is 0.947. The molecule has 0 aliphatic heterocycles. The first-order valence-electron chi connectivity index (χ1n) is 20.6. The van der Waals surface area contributed by atoms with Crippen LogP contribution in [0.4, 0.5) is 0 Å². The lowest BCUT2D eigenvalue weighted by Gasteiger charge is -2.11. The van der Waals surface area contributed by atoms with E-state index in [4.69, 9.17) is 24.9 Å². The summed E-state index contributed by atoms with van der Waals surface area (Å²) in [5, 5.41) is 5.54. The minimum atomic E-state index is 0.556. The molecule has 0 spiro atoms. The van der Waals surface area contributed by atoms with Crippen LogP contribution in [0.25, 0.3) is 121 Å².